The molecule has 0 saturated heterocycles. The molecular weight excluding hydrogens is 260 g/mol. The fraction of sp³-hybridized carbons (Fsp3) is 0.250. The summed E-state index contributed by atoms with van der Waals surface area (Å²) in [5.74, 6) is 1.50. The van der Waals surface area contributed by atoms with Crippen molar-refractivity contribution in [1.82, 2.24) is 19.7 Å². The van der Waals surface area contributed by atoms with Crippen molar-refractivity contribution in [3.63, 3.8) is 0 Å². The first-order valence-electron chi connectivity index (χ1n) is 6.01. The van der Waals surface area contributed by atoms with E-state index in [-0.39, 0.29) is 0 Å². The Morgan fingerprint density at radius 1 is 1.37 bits per heavy atom. The Bertz CT molecular complexity index is 660. The minimum Gasteiger partial charge on any atom is -0.368 e. The molecule has 3 rings (SSSR count). The van der Waals surface area contributed by atoms with Crippen LogP contribution < -0.4 is 10.6 Å². The molecule has 0 atom stereocenters. The molecule has 98 valence electrons. The Morgan fingerprint density at radius 3 is 3.11 bits per heavy atom. The number of nitrogens with one attached hydrogen (secondary N) is 2. The van der Waals surface area contributed by atoms with Gasteiger partial charge in [-0.3, -0.25) is 4.68 Å². The number of hydrogen-bond donors (Lipinski definition) is 2. The zero-order valence-electron chi connectivity index (χ0n) is 10.5. The zero-order chi connectivity index (χ0) is 13.1. The number of hydrogen-bond acceptors (Lipinski definition) is 6. The Hall–Kier alpha value is -2.15. The smallest absolute Gasteiger partial charge is 0.225 e. The predicted octanol–water partition coefficient (Wildman–Crippen LogP) is 2.04. The summed E-state index contributed by atoms with van der Waals surface area (Å²) in [4.78, 5) is 9.85. The van der Waals surface area contributed by atoms with Crippen LogP contribution in [0, 0.1) is 0 Å². The number of rotatable bonds is 5. The van der Waals surface area contributed by atoms with E-state index in [1.807, 2.05) is 35.4 Å². The van der Waals surface area contributed by atoms with Crippen molar-refractivity contribution >= 4 is 33.3 Å². The molecule has 0 saturated carbocycles. The van der Waals surface area contributed by atoms with Gasteiger partial charge < -0.3 is 10.6 Å². The van der Waals surface area contributed by atoms with Crippen LogP contribution in [0.4, 0.5) is 11.8 Å². The van der Waals surface area contributed by atoms with Crippen molar-refractivity contribution in [2.24, 2.45) is 0 Å². The first-order valence-corrected chi connectivity index (χ1v) is 6.89. The number of fused-ring (bicyclic) bond motifs is 1. The third kappa shape index (κ3) is 2.50. The highest BCUT2D eigenvalue weighted by atomic mass is 32.1. The minimum atomic E-state index is 0.636. The molecule has 3 aromatic heterocycles. The standard InChI is InChI=1S/C12H14N6S/c1-13-12-16-10(9-3-8-19-11(9)17-12)14-5-7-18-6-2-4-15-18/h2-4,6,8H,5,7H2,1H3,(H2,13,14,16,17). The lowest BCUT2D eigenvalue weighted by Crippen LogP contribution is -2.12. The Balaban J connectivity index is 1.77. The summed E-state index contributed by atoms with van der Waals surface area (Å²) < 4.78 is 1.89. The third-order valence-electron chi connectivity index (χ3n) is 2.74. The monoisotopic (exact) mass is 274 g/mol. The third-order valence-corrected chi connectivity index (χ3v) is 3.55. The van der Waals surface area contributed by atoms with E-state index in [9.17, 15) is 0 Å². The molecule has 0 aliphatic carbocycles. The fourth-order valence-corrected chi connectivity index (χ4v) is 2.59. The predicted molar refractivity (Wildman–Crippen MR) is 77.7 cm³/mol. The highest BCUT2D eigenvalue weighted by molar-refractivity contribution is 7.16. The van der Waals surface area contributed by atoms with E-state index < -0.39 is 0 Å². The molecule has 7 heteroatoms. The highest BCUT2D eigenvalue weighted by Gasteiger charge is 2.07. The van der Waals surface area contributed by atoms with Crippen LogP contribution in [-0.4, -0.2) is 33.3 Å². The Labute approximate surface area is 114 Å². The van der Waals surface area contributed by atoms with Gasteiger partial charge in [0.25, 0.3) is 0 Å². The van der Waals surface area contributed by atoms with Gasteiger partial charge in [-0.05, 0) is 17.5 Å². The van der Waals surface area contributed by atoms with Gasteiger partial charge in [0, 0.05) is 26.0 Å². The van der Waals surface area contributed by atoms with Crippen LogP contribution in [0.2, 0.25) is 0 Å². The molecule has 0 spiro atoms. The van der Waals surface area contributed by atoms with E-state index in [1.165, 1.54) is 0 Å². The van der Waals surface area contributed by atoms with Crippen LogP contribution in [0.1, 0.15) is 0 Å². The van der Waals surface area contributed by atoms with E-state index in [4.69, 9.17) is 0 Å². The number of aromatic nitrogens is 4. The molecule has 0 unspecified atom stereocenters. The van der Waals surface area contributed by atoms with Crippen LogP contribution >= 0.6 is 11.3 Å². The van der Waals surface area contributed by atoms with Gasteiger partial charge in [-0.15, -0.1) is 11.3 Å². The topological polar surface area (TPSA) is 67.7 Å². The first-order chi connectivity index (χ1) is 9.36. The summed E-state index contributed by atoms with van der Waals surface area (Å²) in [5, 5.41) is 13.6. The van der Waals surface area contributed by atoms with Crippen LogP contribution in [0.15, 0.2) is 29.9 Å². The van der Waals surface area contributed by atoms with Gasteiger partial charge in [-0.25, -0.2) is 4.98 Å². The molecule has 0 aromatic carbocycles. The lowest BCUT2D eigenvalue weighted by atomic mass is 10.4. The summed E-state index contributed by atoms with van der Waals surface area (Å²) in [6, 6.07) is 3.95. The van der Waals surface area contributed by atoms with Crippen molar-refractivity contribution in [3.05, 3.63) is 29.9 Å². The second-order valence-electron chi connectivity index (χ2n) is 3.98. The van der Waals surface area contributed by atoms with Gasteiger partial charge in [0.1, 0.15) is 10.6 Å². The largest absolute Gasteiger partial charge is 0.368 e. The second-order valence-corrected chi connectivity index (χ2v) is 4.88. The zero-order valence-corrected chi connectivity index (χ0v) is 11.3. The van der Waals surface area contributed by atoms with Gasteiger partial charge >= 0.3 is 0 Å². The number of thiophene rings is 1. The van der Waals surface area contributed by atoms with E-state index in [2.05, 4.69) is 25.7 Å². The van der Waals surface area contributed by atoms with Crippen LogP contribution in [0.25, 0.3) is 10.2 Å². The average Bonchev–Trinajstić information content (AvgIpc) is 3.08. The average molecular weight is 274 g/mol. The van der Waals surface area contributed by atoms with Crippen molar-refractivity contribution in [2.75, 3.05) is 24.2 Å². The fourth-order valence-electron chi connectivity index (χ4n) is 1.82. The molecule has 19 heavy (non-hydrogen) atoms. The number of anilines is 2. The SMILES string of the molecule is CNc1nc(NCCn2cccn2)c2ccsc2n1. The van der Waals surface area contributed by atoms with Crippen molar-refractivity contribution in [1.29, 1.82) is 0 Å². The van der Waals surface area contributed by atoms with Crippen molar-refractivity contribution < 1.29 is 0 Å². The summed E-state index contributed by atoms with van der Waals surface area (Å²) in [6.45, 7) is 1.57. The van der Waals surface area contributed by atoms with E-state index >= 15 is 0 Å². The summed E-state index contributed by atoms with van der Waals surface area (Å²) in [7, 11) is 1.82. The molecule has 0 fully saturated rings. The maximum atomic E-state index is 4.45. The Morgan fingerprint density at radius 2 is 2.32 bits per heavy atom. The van der Waals surface area contributed by atoms with Gasteiger partial charge in [-0.2, -0.15) is 10.1 Å². The molecule has 2 N–H and O–H groups in total. The first kappa shape index (κ1) is 11.9. The summed E-state index contributed by atoms with van der Waals surface area (Å²) in [6.07, 6.45) is 3.72. The summed E-state index contributed by atoms with van der Waals surface area (Å²) in [5.41, 5.74) is 0. The van der Waals surface area contributed by atoms with Crippen LogP contribution in [0.5, 0.6) is 0 Å². The molecule has 3 heterocycles. The van der Waals surface area contributed by atoms with Crippen molar-refractivity contribution in [2.45, 2.75) is 6.54 Å². The lowest BCUT2D eigenvalue weighted by molar-refractivity contribution is 0.637. The Kier molecular flexibility index (Phi) is 3.28. The van der Waals surface area contributed by atoms with Gasteiger partial charge in [0.2, 0.25) is 5.95 Å². The molecular formula is C12H14N6S. The van der Waals surface area contributed by atoms with E-state index in [0.717, 1.165) is 29.1 Å². The minimum absolute atomic E-state index is 0.636. The van der Waals surface area contributed by atoms with Crippen molar-refractivity contribution in [3.8, 4) is 0 Å². The maximum Gasteiger partial charge on any atom is 0.225 e. The molecule has 6 nitrogen and oxygen atoms in total. The quantitative estimate of drug-likeness (QED) is 0.745. The molecule has 0 aliphatic heterocycles. The summed E-state index contributed by atoms with van der Waals surface area (Å²) >= 11 is 1.61. The molecule has 0 radical (unpaired) electrons. The normalized spacial score (nSPS) is 10.8. The van der Waals surface area contributed by atoms with E-state index in [0.29, 0.717) is 5.95 Å². The van der Waals surface area contributed by atoms with E-state index in [1.54, 1.807) is 17.5 Å². The molecule has 3 aromatic rings. The van der Waals surface area contributed by atoms with Gasteiger partial charge in [0.05, 0.1) is 11.9 Å². The lowest BCUT2D eigenvalue weighted by Gasteiger charge is -2.08. The maximum absolute atomic E-state index is 4.45. The molecule has 0 bridgehead atoms. The van der Waals surface area contributed by atoms with Crippen LogP contribution in [-0.2, 0) is 6.54 Å². The van der Waals surface area contributed by atoms with Crippen LogP contribution in [0.3, 0.4) is 0 Å². The molecule has 0 aliphatic rings. The van der Waals surface area contributed by atoms with Gasteiger partial charge in [0.15, 0.2) is 0 Å². The highest BCUT2D eigenvalue weighted by Crippen LogP contribution is 2.26. The second kappa shape index (κ2) is 5.23. The van der Waals surface area contributed by atoms with Gasteiger partial charge in [-0.1, -0.05) is 0 Å². The molecule has 0 amide bonds. The number of nitrogens with zero attached hydrogens (tertiary/aromatic N) is 4.